The fourth-order valence-corrected chi connectivity index (χ4v) is 2.46. The molecule has 128 valence electrons. The molecule has 4 N–H and O–H groups in total. The van der Waals surface area contributed by atoms with E-state index in [1.54, 1.807) is 12.1 Å². The molecule has 0 bridgehead atoms. The second-order valence-electron chi connectivity index (χ2n) is 5.34. The molecule has 1 aromatic rings. The smallest absolute Gasteiger partial charge is 0.189 e. The normalized spacial score (nSPS) is 11.4. The average molecular weight is 373 g/mol. The van der Waals surface area contributed by atoms with Crippen LogP contribution >= 0.6 is 36.0 Å². The molecule has 23 heavy (non-hydrogen) atoms. The zero-order chi connectivity index (χ0) is 17.1. The Morgan fingerprint density at radius 3 is 2.35 bits per heavy atom. The first-order valence-corrected chi connectivity index (χ1v) is 9.11. The van der Waals surface area contributed by atoms with Gasteiger partial charge in [-0.25, -0.2) is 0 Å². The molecule has 1 atom stereocenters. The molecule has 4 nitrogen and oxygen atoms in total. The summed E-state index contributed by atoms with van der Waals surface area (Å²) in [4.78, 5) is 0. The number of halogens is 1. The number of rotatable bonds is 7. The minimum absolute atomic E-state index is 0.439. The molecule has 0 amide bonds. The van der Waals surface area contributed by atoms with E-state index in [4.69, 9.17) is 36.0 Å². The minimum atomic E-state index is 0.439. The van der Waals surface area contributed by atoms with Crippen molar-refractivity contribution in [3.63, 3.8) is 0 Å². The van der Waals surface area contributed by atoms with Gasteiger partial charge in [0.15, 0.2) is 10.2 Å². The molecular weight excluding hydrogens is 348 g/mol. The van der Waals surface area contributed by atoms with Crippen molar-refractivity contribution in [3.05, 3.63) is 29.3 Å². The maximum atomic E-state index is 5.84. The highest BCUT2D eigenvalue weighted by Crippen LogP contribution is 2.13. The number of hydrogen-bond donors (Lipinski definition) is 4. The molecule has 0 aliphatic rings. The number of thiocarbonyl (C=S) groups is 2. The Morgan fingerprint density at radius 2 is 1.74 bits per heavy atom. The van der Waals surface area contributed by atoms with Crippen LogP contribution in [0.2, 0.25) is 5.02 Å². The van der Waals surface area contributed by atoms with Crippen molar-refractivity contribution in [3.8, 4) is 0 Å². The van der Waals surface area contributed by atoms with E-state index in [1.807, 2.05) is 12.1 Å². The molecule has 0 radical (unpaired) electrons. The summed E-state index contributed by atoms with van der Waals surface area (Å²) in [5.41, 5.74) is 6.61. The summed E-state index contributed by atoms with van der Waals surface area (Å²) in [6.07, 6.45) is 4.87. The number of hydrogen-bond acceptors (Lipinski definition) is 2. The molecule has 1 rings (SSSR count). The van der Waals surface area contributed by atoms with Crippen molar-refractivity contribution in [1.29, 1.82) is 0 Å². The van der Waals surface area contributed by atoms with Crippen LogP contribution in [0.3, 0.4) is 0 Å². The van der Waals surface area contributed by atoms with Gasteiger partial charge in [-0.05, 0) is 61.0 Å². The predicted molar refractivity (Wildman–Crippen MR) is 108 cm³/mol. The molecule has 0 fully saturated rings. The molecule has 0 aliphatic heterocycles. The van der Waals surface area contributed by atoms with Crippen LogP contribution in [0.5, 0.6) is 0 Å². The van der Waals surface area contributed by atoms with Crippen LogP contribution in [0.25, 0.3) is 0 Å². The molecule has 1 aromatic carbocycles. The Hall–Kier alpha value is -1.11. The SMILES string of the molecule is CCCC[C@H](CC)CNC(=S)NNC(=S)Nc1ccc(Cl)cc1. The Morgan fingerprint density at radius 1 is 1.09 bits per heavy atom. The van der Waals surface area contributed by atoms with Gasteiger partial charge in [0.1, 0.15) is 0 Å². The summed E-state index contributed by atoms with van der Waals surface area (Å²) < 4.78 is 0. The Balaban J connectivity index is 2.24. The average Bonchev–Trinajstić information content (AvgIpc) is 2.55. The highest BCUT2D eigenvalue weighted by atomic mass is 35.5. The molecular formula is C16H25ClN4S2. The van der Waals surface area contributed by atoms with E-state index in [2.05, 4.69) is 35.3 Å². The summed E-state index contributed by atoms with van der Waals surface area (Å²) in [6, 6.07) is 7.31. The van der Waals surface area contributed by atoms with Gasteiger partial charge in [0.25, 0.3) is 0 Å². The number of benzene rings is 1. The lowest BCUT2D eigenvalue weighted by atomic mass is 9.99. The number of hydrazine groups is 1. The lowest BCUT2D eigenvalue weighted by Crippen LogP contribution is -2.49. The maximum absolute atomic E-state index is 5.84. The van der Waals surface area contributed by atoms with Gasteiger partial charge in [-0.15, -0.1) is 0 Å². The lowest BCUT2D eigenvalue weighted by Gasteiger charge is -2.18. The van der Waals surface area contributed by atoms with Crippen LogP contribution in [0, 0.1) is 5.92 Å². The van der Waals surface area contributed by atoms with Gasteiger partial charge in [0.2, 0.25) is 0 Å². The van der Waals surface area contributed by atoms with Gasteiger partial charge in [-0.3, -0.25) is 10.9 Å². The molecule has 0 unspecified atom stereocenters. The predicted octanol–water partition coefficient (Wildman–Crippen LogP) is 4.22. The quantitative estimate of drug-likeness (QED) is 0.424. The zero-order valence-electron chi connectivity index (χ0n) is 13.6. The van der Waals surface area contributed by atoms with Crippen LogP contribution in [0.15, 0.2) is 24.3 Å². The second-order valence-corrected chi connectivity index (χ2v) is 6.59. The molecule has 0 spiro atoms. The third-order valence-electron chi connectivity index (χ3n) is 3.49. The van der Waals surface area contributed by atoms with E-state index in [1.165, 1.54) is 19.3 Å². The topological polar surface area (TPSA) is 48.1 Å². The summed E-state index contributed by atoms with van der Waals surface area (Å²) in [6.45, 7) is 5.30. The standard InChI is InChI=1S/C16H25ClN4S2/c1-3-5-6-12(4-2)11-18-15(22)20-21-16(23)19-14-9-7-13(17)8-10-14/h7-10,12H,3-6,11H2,1-2H3,(H2,18,20,22)(H2,19,21,23)/t12-/m0/s1. The van der Waals surface area contributed by atoms with E-state index in [9.17, 15) is 0 Å². The fourth-order valence-electron chi connectivity index (χ4n) is 2.03. The Labute approximate surface area is 154 Å². The van der Waals surface area contributed by atoms with Gasteiger partial charge in [0.05, 0.1) is 0 Å². The van der Waals surface area contributed by atoms with Crippen LogP contribution < -0.4 is 21.5 Å². The third-order valence-corrected chi connectivity index (χ3v) is 4.19. The van der Waals surface area contributed by atoms with Crippen molar-refractivity contribution < 1.29 is 0 Å². The first kappa shape index (κ1) is 19.9. The number of nitrogens with one attached hydrogen (secondary N) is 4. The van der Waals surface area contributed by atoms with Crippen LogP contribution in [0.4, 0.5) is 5.69 Å². The fraction of sp³-hybridized carbons (Fsp3) is 0.500. The highest BCUT2D eigenvalue weighted by Gasteiger charge is 2.06. The molecule has 0 aliphatic carbocycles. The van der Waals surface area contributed by atoms with Crippen molar-refractivity contribution >= 4 is 51.9 Å². The summed E-state index contributed by atoms with van der Waals surface area (Å²) in [7, 11) is 0. The lowest BCUT2D eigenvalue weighted by molar-refractivity contribution is 0.444. The largest absolute Gasteiger partial charge is 0.361 e. The van der Waals surface area contributed by atoms with Crippen LogP contribution in [-0.2, 0) is 0 Å². The van der Waals surface area contributed by atoms with Gasteiger partial charge in [0, 0.05) is 17.3 Å². The summed E-state index contributed by atoms with van der Waals surface area (Å²) in [5, 5.41) is 7.93. The molecule has 0 heterocycles. The second kappa shape index (κ2) is 11.4. The van der Waals surface area contributed by atoms with E-state index in [0.29, 0.717) is 21.2 Å². The monoisotopic (exact) mass is 372 g/mol. The van der Waals surface area contributed by atoms with E-state index in [-0.39, 0.29) is 0 Å². The molecule has 7 heteroatoms. The van der Waals surface area contributed by atoms with Crippen LogP contribution in [0.1, 0.15) is 39.5 Å². The van der Waals surface area contributed by atoms with Gasteiger partial charge < -0.3 is 10.6 Å². The van der Waals surface area contributed by atoms with Crippen LogP contribution in [-0.4, -0.2) is 16.8 Å². The first-order chi connectivity index (χ1) is 11.0. The molecule has 0 aromatic heterocycles. The van der Waals surface area contributed by atoms with E-state index < -0.39 is 0 Å². The van der Waals surface area contributed by atoms with Crippen molar-refractivity contribution in [2.24, 2.45) is 5.92 Å². The van der Waals surface area contributed by atoms with Crippen molar-refractivity contribution in [1.82, 2.24) is 16.2 Å². The van der Waals surface area contributed by atoms with Gasteiger partial charge in [-0.2, -0.15) is 0 Å². The van der Waals surface area contributed by atoms with Crippen molar-refractivity contribution in [2.45, 2.75) is 39.5 Å². The van der Waals surface area contributed by atoms with E-state index >= 15 is 0 Å². The van der Waals surface area contributed by atoms with Gasteiger partial charge >= 0.3 is 0 Å². The molecule has 0 saturated heterocycles. The molecule has 0 saturated carbocycles. The Kier molecular flexibility index (Phi) is 9.91. The number of anilines is 1. The minimum Gasteiger partial charge on any atom is -0.361 e. The first-order valence-electron chi connectivity index (χ1n) is 7.91. The van der Waals surface area contributed by atoms with Gasteiger partial charge in [-0.1, -0.05) is 44.7 Å². The van der Waals surface area contributed by atoms with E-state index in [0.717, 1.165) is 18.7 Å². The zero-order valence-corrected chi connectivity index (χ0v) is 16.0. The Bertz CT molecular complexity index is 493. The number of unbranched alkanes of at least 4 members (excludes halogenated alkanes) is 1. The van der Waals surface area contributed by atoms with Crippen molar-refractivity contribution in [2.75, 3.05) is 11.9 Å². The highest BCUT2D eigenvalue weighted by molar-refractivity contribution is 7.80. The summed E-state index contributed by atoms with van der Waals surface area (Å²) in [5.74, 6) is 0.647. The third kappa shape index (κ3) is 8.93. The maximum Gasteiger partial charge on any atom is 0.189 e. The summed E-state index contributed by atoms with van der Waals surface area (Å²) >= 11 is 16.3.